The summed E-state index contributed by atoms with van der Waals surface area (Å²) in [5, 5.41) is 36.0. The van der Waals surface area contributed by atoms with Gasteiger partial charge in [0, 0.05) is 23.7 Å². The van der Waals surface area contributed by atoms with Crippen LogP contribution in [0.3, 0.4) is 0 Å². The van der Waals surface area contributed by atoms with Crippen LogP contribution in [0, 0.1) is 41.4 Å². The van der Waals surface area contributed by atoms with Crippen LogP contribution >= 0.6 is 0 Å². The van der Waals surface area contributed by atoms with E-state index in [1.165, 1.54) is 0 Å². The summed E-state index contributed by atoms with van der Waals surface area (Å²) >= 11 is 0. The van der Waals surface area contributed by atoms with E-state index in [1.54, 1.807) is 6.92 Å². The normalized spacial score (nSPS) is 39.0. The molecule has 1 aromatic carbocycles. The van der Waals surface area contributed by atoms with Crippen LogP contribution in [0.4, 0.5) is 4.79 Å². The smallest absolute Gasteiger partial charge is 0.407 e. The summed E-state index contributed by atoms with van der Waals surface area (Å²) in [6.07, 6.45) is 5.14. The van der Waals surface area contributed by atoms with Crippen molar-refractivity contribution < 1.29 is 62.9 Å². The molecule has 5 aliphatic heterocycles. The van der Waals surface area contributed by atoms with Gasteiger partial charge in [0.15, 0.2) is 5.79 Å². The summed E-state index contributed by atoms with van der Waals surface area (Å²) in [4.78, 5) is 40.2. The Kier molecular flexibility index (Phi) is 18.2. The highest BCUT2D eigenvalue weighted by Gasteiger charge is 2.57. The van der Waals surface area contributed by atoms with Crippen molar-refractivity contribution in [3.05, 3.63) is 48.0 Å². The molecule has 0 radical (unpaired) electrons. The predicted molar refractivity (Wildman–Crippen MR) is 252 cm³/mol. The second-order valence-corrected chi connectivity index (χ2v) is 21.1. The number of carbonyl (C=O) groups excluding carboxylic acids is 2. The van der Waals surface area contributed by atoms with Crippen molar-refractivity contribution in [3.8, 4) is 0 Å². The maximum Gasteiger partial charge on any atom is 0.407 e. The minimum absolute atomic E-state index is 0.0237. The van der Waals surface area contributed by atoms with Crippen molar-refractivity contribution in [2.75, 3.05) is 13.2 Å². The van der Waals surface area contributed by atoms with E-state index in [0.29, 0.717) is 64.4 Å². The van der Waals surface area contributed by atoms with Crippen LogP contribution in [0.15, 0.2) is 42.5 Å². The topological polar surface area (TPSA) is 189 Å². The highest BCUT2D eigenvalue weighted by molar-refractivity contribution is 5.84. The van der Waals surface area contributed by atoms with Gasteiger partial charge in [-0.15, -0.1) is 0 Å². The number of amides is 1. The number of rotatable bonds is 19. The van der Waals surface area contributed by atoms with Crippen LogP contribution in [-0.2, 0) is 49.4 Å². The fraction of sp³-hybridized carbons (Fsp3) is 0.792. The number of nitrogens with one attached hydrogen (secondary N) is 1. The number of aliphatic carboxylic acids is 1. The summed E-state index contributed by atoms with van der Waals surface area (Å²) in [5.41, 5.74) is -0.541. The third-order valence-corrected chi connectivity index (χ3v) is 16.6. The molecule has 14 heteroatoms. The van der Waals surface area contributed by atoms with Gasteiger partial charge in [0.05, 0.1) is 79.1 Å². The van der Waals surface area contributed by atoms with E-state index in [4.69, 9.17) is 33.2 Å². The molecular weight excluding hydrogens is 859 g/mol. The quantitative estimate of drug-likeness (QED) is 0.0769. The standard InChI is InChI=1S/C53H83NO13/c1-11-38(49(57)58)41-20-19-31(4)46(64-41)35(8)44(55)34(7)45(56)39(12-2)47-32(5)29-33(6)53(66-47)26-21-40(54-50(59)62-28-27-61-30-37-17-15-14-16-18-37)48(67-53)42-22-24-51(10,65-42)43-23-25-52(60,13-3)36(9)63-43/h14-18,21,26,31-36,38-44,46-48,55,60H,11-13,19-20,22-25,27-30H2,1-10H3,(H,54,59)(H,57,58)/t31-,32-,33+,34-,35-,36-,38+,39-,40+,41+,42?,43+,44+,46+,47-,48?,51-,52+,53-/m0/s1. The number of Topliss-reactive ketones (excluding diaryl/α,β-unsaturated/α-hetero) is 1. The van der Waals surface area contributed by atoms with Gasteiger partial charge in [-0.1, -0.05) is 91.8 Å². The minimum atomic E-state index is -1.26. The number of alkyl carbamates (subject to hydrolysis) is 1. The van der Waals surface area contributed by atoms with E-state index < -0.39 is 95.4 Å². The number of ketones is 1. The monoisotopic (exact) mass is 942 g/mol. The van der Waals surface area contributed by atoms with E-state index in [-0.39, 0.29) is 49.0 Å². The molecule has 1 amide bonds. The van der Waals surface area contributed by atoms with Gasteiger partial charge in [-0.3, -0.25) is 9.59 Å². The molecule has 2 unspecified atom stereocenters. The van der Waals surface area contributed by atoms with E-state index in [0.717, 1.165) is 12.0 Å². The van der Waals surface area contributed by atoms with Crippen molar-refractivity contribution >= 4 is 17.8 Å². The maximum absolute atomic E-state index is 14.7. The lowest BCUT2D eigenvalue weighted by Crippen LogP contribution is -2.62. The molecular formula is C53H83NO13. The third kappa shape index (κ3) is 12.0. The second-order valence-electron chi connectivity index (χ2n) is 21.1. The van der Waals surface area contributed by atoms with Gasteiger partial charge < -0.3 is 53.8 Å². The molecule has 0 aromatic heterocycles. The zero-order valence-corrected chi connectivity index (χ0v) is 41.9. The number of carboxylic acids is 1. The fourth-order valence-electron chi connectivity index (χ4n) is 12.0. The van der Waals surface area contributed by atoms with Crippen LogP contribution in [-0.4, -0.2) is 118 Å². The summed E-state index contributed by atoms with van der Waals surface area (Å²) in [6, 6.07) is 9.14. The molecule has 1 spiro atoms. The maximum atomic E-state index is 14.7. The van der Waals surface area contributed by atoms with Crippen LogP contribution in [0.2, 0.25) is 0 Å². The van der Waals surface area contributed by atoms with Gasteiger partial charge in [-0.2, -0.15) is 0 Å². The number of aliphatic hydroxyl groups excluding tert-OH is 1. The van der Waals surface area contributed by atoms with Gasteiger partial charge >= 0.3 is 12.1 Å². The molecule has 6 rings (SSSR count). The Morgan fingerprint density at radius 3 is 2.24 bits per heavy atom. The summed E-state index contributed by atoms with van der Waals surface area (Å²) in [6.45, 7) is 20.4. The molecule has 0 aliphatic carbocycles. The van der Waals surface area contributed by atoms with Crippen molar-refractivity contribution in [2.24, 2.45) is 41.4 Å². The number of carboxylic acid groups (broad SMARTS) is 1. The second kappa shape index (κ2) is 22.9. The van der Waals surface area contributed by atoms with Crippen molar-refractivity contribution in [1.82, 2.24) is 5.32 Å². The highest BCUT2D eigenvalue weighted by Crippen LogP contribution is 2.49. The first-order chi connectivity index (χ1) is 31.8. The molecule has 4 saturated heterocycles. The number of carbonyl (C=O) groups is 3. The molecule has 67 heavy (non-hydrogen) atoms. The Labute approximate surface area is 399 Å². The van der Waals surface area contributed by atoms with Crippen LogP contribution in [0.5, 0.6) is 0 Å². The van der Waals surface area contributed by atoms with Gasteiger partial charge in [-0.05, 0) is 102 Å². The third-order valence-electron chi connectivity index (χ3n) is 16.6. The number of hydrogen-bond donors (Lipinski definition) is 4. The van der Waals surface area contributed by atoms with Crippen molar-refractivity contribution in [1.29, 1.82) is 0 Å². The Bertz CT molecular complexity index is 1810. The van der Waals surface area contributed by atoms with Gasteiger partial charge in [-0.25, -0.2) is 4.79 Å². The molecule has 378 valence electrons. The Morgan fingerprint density at radius 1 is 0.866 bits per heavy atom. The SMILES string of the molecule is CC[C@@H](C(=O)[C@@H](C)[C@@H](O)[C@H](C)[C@@H]1O[C@@H]([C@@H](CC)C(=O)O)CC[C@@H]1C)[C@H]1O[C@]2(C=C[C@@H](NC(=O)OCCOCc3ccccc3)C(C3CC[C@@](C)([C@H]4CC[C@](O)(CC)[C@H](C)O4)O3)O2)[C@H](C)C[C@@H]1C. The molecule has 14 nitrogen and oxygen atoms in total. The highest BCUT2D eigenvalue weighted by atomic mass is 16.7. The molecule has 19 atom stereocenters. The lowest BCUT2D eigenvalue weighted by Gasteiger charge is -2.52. The van der Waals surface area contributed by atoms with E-state index >= 15 is 0 Å². The van der Waals surface area contributed by atoms with Crippen LogP contribution in [0.25, 0.3) is 0 Å². The molecule has 4 N–H and O–H groups in total. The van der Waals surface area contributed by atoms with E-state index in [9.17, 15) is 29.7 Å². The Morgan fingerprint density at radius 2 is 1.58 bits per heavy atom. The van der Waals surface area contributed by atoms with Crippen LogP contribution < -0.4 is 5.32 Å². The van der Waals surface area contributed by atoms with E-state index in [2.05, 4.69) is 33.0 Å². The fourth-order valence-corrected chi connectivity index (χ4v) is 12.0. The Hall–Kier alpha value is -2.95. The summed E-state index contributed by atoms with van der Waals surface area (Å²) < 4.78 is 45.6. The number of hydrogen-bond acceptors (Lipinski definition) is 12. The zero-order valence-electron chi connectivity index (χ0n) is 41.9. The molecule has 0 saturated carbocycles. The first-order valence-electron chi connectivity index (χ1n) is 25.6. The number of benzene rings is 1. The number of ether oxygens (including phenoxy) is 7. The predicted octanol–water partition coefficient (Wildman–Crippen LogP) is 8.18. The first-order valence-corrected chi connectivity index (χ1v) is 25.6. The van der Waals surface area contributed by atoms with Gasteiger partial charge in [0.2, 0.25) is 0 Å². The molecule has 1 aromatic rings. The average molecular weight is 942 g/mol. The van der Waals surface area contributed by atoms with Gasteiger partial charge in [0.25, 0.3) is 0 Å². The average Bonchev–Trinajstić information content (AvgIpc) is 3.72. The van der Waals surface area contributed by atoms with Crippen molar-refractivity contribution in [3.63, 3.8) is 0 Å². The van der Waals surface area contributed by atoms with Gasteiger partial charge in [0.1, 0.15) is 18.5 Å². The lowest BCUT2D eigenvalue weighted by molar-refractivity contribution is -0.327. The largest absolute Gasteiger partial charge is 0.481 e. The minimum Gasteiger partial charge on any atom is -0.481 e. The van der Waals surface area contributed by atoms with Crippen molar-refractivity contribution in [2.45, 2.75) is 212 Å². The first kappa shape index (κ1) is 53.4. The van der Waals surface area contributed by atoms with E-state index in [1.807, 2.05) is 77.1 Å². The zero-order chi connectivity index (χ0) is 48.8. The summed E-state index contributed by atoms with van der Waals surface area (Å²) in [5.74, 6) is -4.66. The lowest BCUT2D eigenvalue weighted by atomic mass is 9.72. The van der Waals surface area contributed by atoms with Crippen LogP contribution in [0.1, 0.15) is 139 Å². The molecule has 5 aliphatic rings. The molecule has 0 bridgehead atoms. The molecule has 5 heterocycles. The Balaban J connectivity index is 1.18. The molecule has 4 fully saturated rings. The summed E-state index contributed by atoms with van der Waals surface area (Å²) in [7, 11) is 0. The number of aliphatic hydroxyl groups is 2.